The zero-order valence-corrected chi connectivity index (χ0v) is 19.1. The van der Waals surface area contributed by atoms with Crippen molar-refractivity contribution in [2.45, 2.75) is 70.5 Å². The van der Waals surface area contributed by atoms with Crippen LogP contribution in [0, 0.1) is 11.3 Å². The summed E-state index contributed by atoms with van der Waals surface area (Å²) in [6, 6.07) is 8.70. The van der Waals surface area contributed by atoms with Gasteiger partial charge in [0.2, 0.25) is 5.91 Å². The normalized spacial score (nSPS) is 23.8. The van der Waals surface area contributed by atoms with Crippen molar-refractivity contribution in [2.75, 3.05) is 20.2 Å². The number of carbonyl (C=O) groups excluding carboxylic acids is 1. The van der Waals surface area contributed by atoms with Crippen LogP contribution in [0.15, 0.2) is 24.3 Å². The third-order valence-corrected chi connectivity index (χ3v) is 8.04. The lowest BCUT2D eigenvalue weighted by molar-refractivity contribution is -0.134. The van der Waals surface area contributed by atoms with Crippen LogP contribution in [0.2, 0.25) is 0 Å². The smallest absolute Gasteiger partial charge is 0.226 e. The van der Waals surface area contributed by atoms with Gasteiger partial charge in [-0.15, -0.1) is 0 Å². The Labute approximate surface area is 190 Å². The highest BCUT2D eigenvalue weighted by Gasteiger charge is 2.59. The quantitative estimate of drug-likeness (QED) is 0.739. The van der Waals surface area contributed by atoms with Gasteiger partial charge in [0, 0.05) is 42.7 Å². The Balaban J connectivity index is 1.11. The van der Waals surface area contributed by atoms with Crippen molar-refractivity contribution >= 4 is 5.91 Å². The number of aromatic amines is 1. The first-order valence-electron chi connectivity index (χ1n) is 12.4. The summed E-state index contributed by atoms with van der Waals surface area (Å²) in [7, 11) is 2.14. The molecule has 0 saturated heterocycles. The lowest BCUT2D eigenvalue weighted by Gasteiger charge is -2.22. The highest BCUT2D eigenvalue weighted by Crippen LogP contribution is 2.63. The number of nitrogens with one attached hydrogen (secondary N) is 1. The number of carbonyl (C=O) groups is 1. The molecule has 1 aromatic carbocycles. The van der Waals surface area contributed by atoms with E-state index in [2.05, 4.69) is 51.3 Å². The van der Waals surface area contributed by atoms with Gasteiger partial charge in [-0.1, -0.05) is 18.9 Å². The number of hydrogen-bond acceptors (Lipinski definition) is 4. The van der Waals surface area contributed by atoms with E-state index in [0.717, 1.165) is 30.8 Å². The van der Waals surface area contributed by atoms with E-state index < -0.39 is 0 Å². The largest absolute Gasteiger partial charge is 0.491 e. The summed E-state index contributed by atoms with van der Waals surface area (Å²) in [6.45, 7) is 3.65. The second-order valence-corrected chi connectivity index (χ2v) is 10.6. The zero-order valence-electron chi connectivity index (χ0n) is 19.1. The van der Waals surface area contributed by atoms with E-state index in [1.165, 1.54) is 55.5 Å². The molecule has 0 radical (unpaired) electrons. The van der Waals surface area contributed by atoms with E-state index in [4.69, 9.17) is 4.74 Å². The first-order chi connectivity index (χ1) is 15.6. The Morgan fingerprint density at radius 2 is 2.09 bits per heavy atom. The van der Waals surface area contributed by atoms with Gasteiger partial charge in [0.25, 0.3) is 0 Å². The van der Waals surface area contributed by atoms with E-state index in [0.29, 0.717) is 36.9 Å². The van der Waals surface area contributed by atoms with Crippen LogP contribution in [0.1, 0.15) is 73.4 Å². The van der Waals surface area contributed by atoms with Crippen molar-refractivity contribution < 1.29 is 9.53 Å². The lowest BCUT2D eigenvalue weighted by Crippen LogP contribution is -2.34. The highest BCUT2D eigenvalue weighted by atomic mass is 16.5. The van der Waals surface area contributed by atoms with Crippen LogP contribution >= 0.6 is 0 Å². The number of hydrogen-bond donors (Lipinski definition) is 1. The molecule has 3 saturated carbocycles. The SMILES string of the molecule is CN(Cc1ccc2c(c1)CN(C(=O)C1CC13CCCC3)CCO2)Cc1cc(C2CC2)n[nH]1. The minimum Gasteiger partial charge on any atom is -0.491 e. The molecule has 6 nitrogen and oxygen atoms in total. The van der Waals surface area contributed by atoms with Crippen molar-refractivity contribution in [3.05, 3.63) is 46.8 Å². The fourth-order valence-electron chi connectivity index (χ4n) is 5.99. The minimum atomic E-state index is 0.260. The molecule has 2 heterocycles. The molecule has 170 valence electrons. The average molecular weight is 435 g/mol. The number of rotatable bonds is 6. The van der Waals surface area contributed by atoms with Crippen molar-refractivity contribution in [3.63, 3.8) is 0 Å². The van der Waals surface area contributed by atoms with Gasteiger partial charge in [0.15, 0.2) is 0 Å². The van der Waals surface area contributed by atoms with Crippen molar-refractivity contribution in [1.29, 1.82) is 0 Å². The summed E-state index contributed by atoms with van der Waals surface area (Å²) < 4.78 is 6.01. The van der Waals surface area contributed by atoms with Crippen LogP contribution in [0.25, 0.3) is 0 Å². The van der Waals surface area contributed by atoms with Crippen LogP contribution in [0.5, 0.6) is 5.75 Å². The molecule has 32 heavy (non-hydrogen) atoms. The third kappa shape index (κ3) is 3.94. The number of benzene rings is 1. The summed E-state index contributed by atoms with van der Waals surface area (Å²) in [5.74, 6) is 2.23. The first kappa shape index (κ1) is 20.3. The molecule has 1 unspecified atom stereocenters. The number of fused-ring (bicyclic) bond motifs is 1. The fraction of sp³-hybridized carbons (Fsp3) is 0.615. The molecule has 0 bridgehead atoms. The van der Waals surface area contributed by atoms with Crippen molar-refractivity contribution in [1.82, 2.24) is 20.0 Å². The number of aromatic nitrogens is 2. The zero-order chi connectivity index (χ0) is 21.7. The molecule has 3 aliphatic carbocycles. The monoisotopic (exact) mass is 434 g/mol. The maximum absolute atomic E-state index is 13.3. The van der Waals surface area contributed by atoms with Gasteiger partial charge in [-0.3, -0.25) is 14.8 Å². The highest BCUT2D eigenvalue weighted by molar-refractivity contribution is 5.83. The number of H-pyrrole nitrogens is 1. The Kier molecular flexibility index (Phi) is 5.01. The van der Waals surface area contributed by atoms with Gasteiger partial charge in [-0.05, 0) is 68.3 Å². The topological polar surface area (TPSA) is 61.5 Å². The van der Waals surface area contributed by atoms with Crippen LogP contribution in [-0.2, 0) is 24.4 Å². The molecule has 6 heteroatoms. The summed E-state index contributed by atoms with van der Waals surface area (Å²) in [5.41, 5.74) is 5.14. The van der Waals surface area contributed by atoms with Gasteiger partial charge in [0.1, 0.15) is 12.4 Å². The molecule has 2 aromatic rings. The van der Waals surface area contributed by atoms with Crippen LogP contribution < -0.4 is 4.74 Å². The Morgan fingerprint density at radius 1 is 1.25 bits per heavy atom. The molecule has 1 N–H and O–H groups in total. The fourth-order valence-corrected chi connectivity index (χ4v) is 5.99. The van der Waals surface area contributed by atoms with Gasteiger partial charge in [0.05, 0.1) is 12.2 Å². The first-order valence-corrected chi connectivity index (χ1v) is 12.4. The number of nitrogens with zero attached hydrogens (tertiary/aromatic N) is 3. The second kappa shape index (κ2) is 7.91. The van der Waals surface area contributed by atoms with Gasteiger partial charge in [-0.2, -0.15) is 5.10 Å². The maximum Gasteiger partial charge on any atom is 0.226 e. The molecule has 1 amide bonds. The molecule has 6 rings (SSSR count). The Hall–Kier alpha value is -2.34. The predicted octanol–water partition coefficient (Wildman–Crippen LogP) is 4.22. The molecule has 4 aliphatic rings. The van der Waals surface area contributed by atoms with E-state index in [9.17, 15) is 4.79 Å². The van der Waals surface area contributed by atoms with E-state index >= 15 is 0 Å². The molecular formula is C26H34N4O2. The summed E-state index contributed by atoms with van der Waals surface area (Å²) in [5, 5.41) is 7.67. The molecule has 1 aromatic heterocycles. The van der Waals surface area contributed by atoms with Crippen molar-refractivity contribution in [2.24, 2.45) is 11.3 Å². The summed E-state index contributed by atoms with van der Waals surface area (Å²) in [6.07, 6.45) is 8.76. The van der Waals surface area contributed by atoms with Crippen LogP contribution in [0.4, 0.5) is 0 Å². The molecule has 1 aliphatic heterocycles. The predicted molar refractivity (Wildman–Crippen MR) is 122 cm³/mol. The molecule has 3 fully saturated rings. The van der Waals surface area contributed by atoms with E-state index in [1.807, 2.05) is 0 Å². The molecule has 1 atom stereocenters. The average Bonchev–Trinajstić information content (AvgIpc) is 3.65. The van der Waals surface area contributed by atoms with Crippen molar-refractivity contribution in [3.8, 4) is 5.75 Å². The van der Waals surface area contributed by atoms with Crippen LogP contribution in [-0.4, -0.2) is 46.1 Å². The number of ether oxygens (including phenoxy) is 1. The Bertz CT molecular complexity index is 1010. The third-order valence-electron chi connectivity index (χ3n) is 8.04. The summed E-state index contributed by atoms with van der Waals surface area (Å²) in [4.78, 5) is 17.6. The Morgan fingerprint density at radius 3 is 2.91 bits per heavy atom. The van der Waals surface area contributed by atoms with Gasteiger partial charge < -0.3 is 9.64 Å². The second-order valence-electron chi connectivity index (χ2n) is 10.6. The molecule has 1 spiro atoms. The maximum atomic E-state index is 13.3. The van der Waals surface area contributed by atoms with E-state index in [1.54, 1.807) is 0 Å². The standard InChI is InChI=1S/C26H34N4O2/c1-29(17-21-13-23(28-27-21)19-5-6-19)15-18-4-7-24-20(12-18)16-30(10-11-32-24)25(31)22-14-26(22)8-2-3-9-26/h4,7,12-13,19,22H,2-3,5-6,8-11,14-17H2,1H3,(H,27,28). The molecular weight excluding hydrogens is 400 g/mol. The number of amides is 1. The van der Waals surface area contributed by atoms with Gasteiger partial charge >= 0.3 is 0 Å². The minimum absolute atomic E-state index is 0.260. The lowest BCUT2D eigenvalue weighted by atomic mass is 10.0. The van der Waals surface area contributed by atoms with E-state index in [-0.39, 0.29) is 5.92 Å². The summed E-state index contributed by atoms with van der Waals surface area (Å²) >= 11 is 0. The van der Waals surface area contributed by atoms with Crippen LogP contribution in [0.3, 0.4) is 0 Å². The van der Waals surface area contributed by atoms with Gasteiger partial charge in [-0.25, -0.2) is 0 Å².